The highest BCUT2D eigenvalue weighted by atomic mass is 35.5. The lowest BCUT2D eigenvalue weighted by molar-refractivity contribution is -0.134. The first-order valence-electron chi connectivity index (χ1n) is 9.81. The maximum atomic E-state index is 13.1. The summed E-state index contributed by atoms with van der Waals surface area (Å²) in [6.07, 6.45) is 7.05. The van der Waals surface area contributed by atoms with Crippen molar-refractivity contribution in [2.24, 2.45) is 5.41 Å². The minimum absolute atomic E-state index is 0. The molecule has 1 unspecified atom stereocenters. The normalized spacial score (nSPS) is 20.7. The predicted molar refractivity (Wildman–Crippen MR) is 120 cm³/mol. The third-order valence-electron chi connectivity index (χ3n) is 6.19. The number of aromatic nitrogens is 2. The van der Waals surface area contributed by atoms with Gasteiger partial charge < -0.3 is 10.2 Å². The fraction of sp³-hybridized carbons (Fsp3) is 0.524. The molecule has 160 valence electrons. The van der Waals surface area contributed by atoms with E-state index in [-0.39, 0.29) is 36.8 Å². The molecule has 1 spiro atoms. The molecule has 1 amide bonds. The van der Waals surface area contributed by atoms with Gasteiger partial charge in [0, 0.05) is 32.5 Å². The topological polar surface area (TPSA) is 53.4 Å². The number of likely N-dealkylation sites (tertiary alicyclic amines) is 1. The van der Waals surface area contributed by atoms with E-state index in [0.29, 0.717) is 12.0 Å². The van der Waals surface area contributed by atoms with Gasteiger partial charge in [-0.3, -0.25) is 9.69 Å². The van der Waals surface area contributed by atoms with Gasteiger partial charge in [-0.1, -0.05) is 12.1 Å². The van der Waals surface area contributed by atoms with Crippen molar-refractivity contribution in [3.8, 4) is 5.69 Å². The molecule has 0 bridgehead atoms. The van der Waals surface area contributed by atoms with Crippen LogP contribution in [0.3, 0.4) is 0 Å². The Balaban J connectivity index is 0.00000150. The molecule has 0 aliphatic carbocycles. The van der Waals surface area contributed by atoms with E-state index >= 15 is 0 Å². The summed E-state index contributed by atoms with van der Waals surface area (Å²) in [5.41, 5.74) is 2.49. The molecule has 1 N–H and O–H groups in total. The number of nitrogens with zero attached hydrogens (tertiary/aromatic N) is 4. The molecule has 3 heterocycles. The summed E-state index contributed by atoms with van der Waals surface area (Å²) in [4.78, 5) is 17.2. The Labute approximate surface area is 185 Å². The van der Waals surface area contributed by atoms with Gasteiger partial charge in [-0.25, -0.2) is 4.68 Å². The van der Waals surface area contributed by atoms with E-state index in [9.17, 15) is 4.79 Å². The number of rotatable bonds is 4. The number of amides is 1. The van der Waals surface area contributed by atoms with E-state index in [4.69, 9.17) is 0 Å². The van der Waals surface area contributed by atoms with E-state index in [2.05, 4.69) is 34.5 Å². The molecule has 2 saturated heterocycles. The number of carbonyl (C=O) groups is 1. The standard InChI is InChI=1S/C21H29N5O.2ClH/c1-24(15-17-4-6-18(7-5-17)26-13-3-10-23-26)20(27)19-14-21(16-25(19)2)8-11-22-12-9-21;;/h3-7,10,13,19,22H,8-9,11-12,14-16H2,1-2H3;2*1H. The van der Waals surface area contributed by atoms with Gasteiger partial charge in [-0.2, -0.15) is 5.10 Å². The maximum Gasteiger partial charge on any atom is 0.239 e. The second-order valence-corrected chi connectivity index (χ2v) is 8.20. The largest absolute Gasteiger partial charge is 0.340 e. The summed E-state index contributed by atoms with van der Waals surface area (Å²) in [5.74, 6) is 0.240. The van der Waals surface area contributed by atoms with Crippen molar-refractivity contribution in [2.75, 3.05) is 33.7 Å². The third-order valence-corrected chi connectivity index (χ3v) is 6.19. The van der Waals surface area contributed by atoms with Gasteiger partial charge in [0.05, 0.1) is 11.7 Å². The summed E-state index contributed by atoms with van der Waals surface area (Å²) in [6, 6.07) is 10.2. The fourth-order valence-electron chi connectivity index (χ4n) is 4.65. The van der Waals surface area contributed by atoms with Crippen molar-refractivity contribution >= 4 is 30.7 Å². The lowest BCUT2D eigenvalue weighted by atomic mass is 9.77. The van der Waals surface area contributed by atoms with Crippen LogP contribution in [0.15, 0.2) is 42.7 Å². The molecule has 1 aromatic heterocycles. The molecule has 2 fully saturated rings. The van der Waals surface area contributed by atoms with Crippen molar-refractivity contribution in [3.05, 3.63) is 48.3 Å². The predicted octanol–water partition coefficient (Wildman–Crippen LogP) is 2.75. The van der Waals surface area contributed by atoms with Crippen molar-refractivity contribution in [1.29, 1.82) is 0 Å². The SMILES string of the molecule is CN(Cc1ccc(-n2cccn2)cc1)C(=O)C1CC2(CCNCC2)CN1C.Cl.Cl. The van der Waals surface area contributed by atoms with Gasteiger partial charge in [-0.15, -0.1) is 24.8 Å². The van der Waals surface area contributed by atoms with Crippen LogP contribution in [-0.4, -0.2) is 65.3 Å². The van der Waals surface area contributed by atoms with Gasteiger partial charge in [0.1, 0.15) is 0 Å². The highest BCUT2D eigenvalue weighted by Crippen LogP contribution is 2.41. The van der Waals surface area contributed by atoms with Crippen molar-refractivity contribution in [3.63, 3.8) is 0 Å². The van der Waals surface area contributed by atoms with E-state index in [0.717, 1.165) is 37.3 Å². The molecule has 6 nitrogen and oxygen atoms in total. The van der Waals surface area contributed by atoms with Gasteiger partial charge in [0.15, 0.2) is 0 Å². The van der Waals surface area contributed by atoms with Gasteiger partial charge in [0.2, 0.25) is 5.91 Å². The van der Waals surface area contributed by atoms with E-state index < -0.39 is 0 Å². The molecular formula is C21H31Cl2N5O. The van der Waals surface area contributed by atoms with E-state index in [1.54, 1.807) is 6.20 Å². The Kier molecular flexibility index (Phi) is 8.11. The summed E-state index contributed by atoms with van der Waals surface area (Å²) in [7, 11) is 4.02. The Hall–Kier alpha value is -1.60. The summed E-state index contributed by atoms with van der Waals surface area (Å²) in [6.45, 7) is 3.83. The lowest BCUT2D eigenvalue weighted by Crippen LogP contribution is -2.42. The Morgan fingerprint density at radius 2 is 1.93 bits per heavy atom. The summed E-state index contributed by atoms with van der Waals surface area (Å²) >= 11 is 0. The number of carbonyl (C=O) groups excluding carboxylic acids is 1. The number of nitrogens with one attached hydrogen (secondary N) is 1. The molecule has 4 rings (SSSR count). The monoisotopic (exact) mass is 439 g/mol. The number of hydrogen-bond acceptors (Lipinski definition) is 4. The van der Waals surface area contributed by atoms with Crippen LogP contribution < -0.4 is 5.32 Å². The molecule has 1 aromatic carbocycles. The lowest BCUT2D eigenvalue weighted by Gasteiger charge is -2.33. The van der Waals surface area contributed by atoms with Crippen LogP contribution in [0, 0.1) is 5.41 Å². The maximum absolute atomic E-state index is 13.1. The van der Waals surface area contributed by atoms with E-state index in [1.807, 2.05) is 41.0 Å². The molecule has 29 heavy (non-hydrogen) atoms. The van der Waals surface area contributed by atoms with Crippen molar-refractivity contribution in [1.82, 2.24) is 24.9 Å². The number of benzene rings is 1. The molecular weight excluding hydrogens is 409 g/mol. The first kappa shape index (κ1) is 23.7. The van der Waals surface area contributed by atoms with Crippen LogP contribution in [0.4, 0.5) is 0 Å². The Morgan fingerprint density at radius 1 is 1.24 bits per heavy atom. The minimum Gasteiger partial charge on any atom is -0.340 e. The first-order valence-corrected chi connectivity index (χ1v) is 9.81. The molecule has 2 aliphatic heterocycles. The van der Waals surface area contributed by atoms with Gasteiger partial charge in [0.25, 0.3) is 0 Å². The highest BCUT2D eigenvalue weighted by molar-refractivity contribution is 5.85. The Bertz CT molecular complexity index is 775. The zero-order chi connectivity index (χ0) is 18.9. The molecule has 0 saturated carbocycles. The van der Waals surface area contributed by atoms with Crippen LogP contribution >= 0.6 is 24.8 Å². The summed E-state index contributed by atoms with van der Waals surface area (Å²) in [5, 5.41) is 7.69. The molecule has 0 radical (unpaired) electrons. The van der Waals surface area contributed by atoms with Crippen LogP contribution in [0.25, 0.3) is 5.69 Å². The van der Waals surface area contributed by atoms with Crippen LogP contribution in [-0.2, 0) is 11.3 Å². The quantitative estimate of drug-likeness (QED) is 0.795. The first-order chi connectivity index (χ1) is 13.1. The second-order valence-electron chi connectivity index (χ2n) is 8.20. The number of likely N-dealkylation sites (N-methyl/N-ethyl adjacent to an activating group) is 2. The average molecular weight is 440 g/mol. The minimum atomic E-state index is 0. The van der Waals surface area contributed by atoms with Crippen LogP contribution in [0.5, 0.6) is 0 Å². The average Bonchev–Trinajstić information content (AvgIpc) is 3.31. The van der Waals surface area contributed by atoms with Gasteiger partial charge >= 0.3 is 0 Å². The van der Waals surface area contributed by atoms with Crippen molar-refractivity contribution in [2.45, 2.75) is 31.8 Å². The Morgan fingerprint density at radius 3 is 2.55 bits per heavy atom. The fourth-order valence-corrected chi connectivity index (χ4v) is 4.65. The third kappa shape index (κ3) is 5.12. The van der Waals surface area contributed by atoms with Crippen molar-refractivity contribution < 1.29 is 4.79 Å². The molecule has 2 aromatic rings. The second kappa shape index (κ2) is 9.94. The zero-order valence-corrected chi connectivity index (χ0v) is 18.7. The molecule has 2 aliphatic rings. The van der Waals surface area contributed by atoms with Crippen LogP contribution in [0.2, 0.25) is 0 Å². The zero-order valence-electron chi connectivity index (χ0n) is 17.1. The van der Waals surface area contributed by atoms with E-state index in [1.165, 1.54) is 12.8 Å². The number of hydrogen-bond donors (Lipinski definition) is 1. The van der Waals surface area contributed by atoms with Gasteiger partial charge in [-0.05, 0) is 68.6 Å². The summed E-state index contributed by atoms with van der Waals surface area (Å²) < 4.78 is 1.84. The number of halogens is 2. The smallest absolute Gasteiger partial charge is 0.239 e. The molecule has 1 atom stereocenters. The number of piperidine rings is 1. The highest BCUT2D eigenvalue weighted by Gasteiger charge is 2.46. The molecule has 8 heteroatoms. The van der Waals surface area contributed by atoms with Crippen LogP contribution in [0.1, 0.15) is 24.8 Å².